The zero-order valence-electron chi connectivity index (χ0n) is 16.9. The first-order valence-electron chi connectivity index (χ1n) is 9.73. The van der Waals surface area contributed by atoms with Crippen molar-refractivity contribution in [2.75, 3.05) is 13.7 Å². The SMILES string of the molecule is C=CCc1ccc(OCCCn2c(C(C)NC=O)nc3ccccc32)c(OC)c1. The third-order valence-corrected chi connectivity index (χ3v) is 4.78. The molecule has 0 saturated carbocycles. The van der Waals surface area contributed by atoms with Crippen molar-refractivity contribution in [3.05, 3.63) is 66.5 Å². The molecule has 0 aliphatic heterocycles. The number of hydrogen-bond donors (Lipinski definition) is 1. The number of allylic oxidation sites excluding steroid dienone is 1. The number of nitrogens with zero attached hydrogens (tertiary/aromatic N) is 2. The molecule has 1 unspecified atom stereocenters. The van der Waals surface area contributed by atoms with Gasteiger partial charge in [0.25, 0.3) is 0 Å². The Hall–Kier alpha value is -3.28. The molecule has 0 bridgehead atoms. The molecule has 2 aromatic carbocycles. The monoisotopic (exact) mass is 393 g/mol. The van der Waals surface area contributed by atoms with Crippen LogP contribution in [0.2, 0.25) is 0 Å². The van der Waals surface area contributed by atoms with Crippen LogP contribution in [0.25, 0.3) is 11.0 Å². The number of aryl methyl sites for hydroxylation is 1. The molecule has 0 aliphatic rings. The van der Waals surface area contributed by atoms with Crippen LogP contribution in [-0.4, -0.2) is 29.7 Å². The summed E-state index contributed by atoms with van der Waals surface area (Å²) < 4.78 is 13.6. The first kappa shape index (κ1) is 20.5. The van der Waals surface area contributed by atoms with E-state index in [4.69, 9.17) is 14.5 Å². The lowest BCUT2D eigenvalue weighted by Crippen LogP contribution is -2.21. The summed E-state index contributed by atoms with van der Waals surface area (Å²) in [6.45, 7) is 6.97. The molecule has 1 N–H and O–H groups in total. The molecule has 0 fully saturated rings. The highest BCUT2D eigenvalue weighted by Gasteiger charge is 2.16. The van der Waals surface area contributed by atoms with E-state index < -0.39 is 0 Å². The number of aromatic nitrogens is 2. The van der Waals surface area contributed by atoms with Crippen molar-refractivity contribution in [3.8, 4) is 11.5 Å². The number of rotatable bonds is 11. The minimum Gasteiger partial charge on any atom is -0.493 e. The Morgan fingerprint density at radius 3 is 2.83 bits per heavy atom. The second kappa shape index (κ2) is 9.78. The highest BCUT2D eigenvalue weighted by Crippen LogP contribution is 2.28. The van der Waals surface area contributed by atoms with Gasteiger partial charge in [-0.05, 0) is 49.6 Å². The summed E-state index contributed by atoms with van der Waals surface area (Å²) in [6, 6.07) is 13.8. The zero-order valence-corrected chi connectivity index (χ0v) is 16.9. The van der Waals surface area contributed by atoms with Crippen molar-refractivity contribution in [1.29, 1.82) is 0 Å². The van der Waals surface area contributed by atoms with Crippen molar-refractivity contribution < 1.29 is 14.3 Å². The van der Waals surface area contributed by atoms with Gasteiger partial charge < -0.3 is 19.4 Å². The minimum absolute atomic E-state index is 0.168. The van der Waals surface area contributed by atoms with Crippen molar-refractivity contribution >= 4 is 17.4 Å². The van der Waals surface area contributed by atoms with Crippen molar-refractivity contribution in [2.45, 2.75) is 32.4 Å². The van der Waals surface area contributed by atoms with Gasteiger partial charge in [0.05, 0.1) is 30.8 Å². The second-order valence-corrected chi connectivity index (χ2v) is 6.80. The largest absolute Gasteiger partial charge is 0.493 e. The number of fused-ring (bicyclic) bond motifs is 1. The fourth-order valence-electron chi connectivity index (χ4n) is 3.37. The number of nitrogens with one attached hydrogen (secondary N) is 1. The highest BCUT2D eigenvalue weighted by molar-refractivity contribution is 5.76. The molecule has 1 heterocycles. The molecule has 0 spiro atoms. The number of ether oxygens (including phenoxy) is 2. The fourth-order valence-corrected chi connectivity index (χ4v) is 3.37. The molecule has 29 heavy (non-hydrogen) atoms. The van der Waals surface area contributed by atoms with E-state index in [0.717, 1.165) is 53.3 Å². The summed E-state index contributed by atoms with van der Waals surface area (Å²) in [6.07, 6.45) is 4.15. The van der Waals surface area contributed by atoms with Crippen molar-refractivity contribution in [3.63, 3.8) is 0 Å². The maximum atomic E-state index is 10.9. The van der Waals surface area contributed by atoms with Gasteiger partial charge >= 0.3 is 0 Å². The molecule has 6 nitrogen and oxygen atoms in total. The van der Waals surface area contributed by atoms with Crippen LogP contribution in [0, 0.1) is 0 Å². The molecule has 0 saturated heterocycles. The number of hydrogen-bond acceptors (Lipinski definition) is 4. The Balaban J connectivity index is 1.69. The zero-order chi connectivity index (χ0) is 20.6. The molecule has 0 radical (unpaired) electrons. The number of amides is 1. The fraction of sp³-hybridized carbons (Fsp3) is 0.304. The van der Waals surface area contributed by atoms with Gasteiger partial charge in [-0.3, -0.25) is 4.79 Å². The van der Waals surface area contributed by atoms with E-state index in [2.05, 4.69) is 16.5 Å². The normalized spacial score (nSPS) is 11.8. The molecular formula is C23H27N3O3. The lowest BCUT2D eigenvalue weighted by atomic mass is 10.1. The molecular weight excluding hydrogens is 366 g/mol. The Morgan fingerprint density at radius 2 is 2.07 bits per heavy atom. The molecule has 3 aromatic rings. The van der Waals surface area contributed by atoms with Gasteiger partial charge in [-0.25, -0.2) is 4.98 Å². The Bertz CT molecular complexity index is 981. The molecule has 6 heteroatoms. The summed E-state index contributed by atoms with van der Waals surface area (Å²) in [5.41, 5.74) is 3.10. The second-order valence-electron chi connectivity index (χ2n) is 6.80. The van der Waals surface area contributed by atoms with E-state index in [1.165, 1.54) is 0 Å². The van der Waals surface area contributed by atoms with Gasteiger partial charge in [-0.1, -0.05) is 24.3 Å². The summed E-state index contributed by atoms with van der Waals surface area (Å²) in [5, 5.41) is 2.79. The Kier molecular flexibility index (Phi) is 6.89. The third kappa shape index (κ3) is 4.77. The van der Waals surface area contributed by atoms with E-state index in [-0.39, 0.29) is 6.04 Å². The van der Waals surface area contributed by atoms with Crippen LogP contribution in [0.4, 0.5) is 0 Å². The van der Waals surface area contributed by atoms with E-state index in [0.29, 0.717) is 13.0 Å². The molecule has 1 aromatic heterocycles. The summed E-state index contributed by atoms with van der Waals surface area (Å²) in [4.78, 5) is 15.6. The molecule has 152 valence electrons. The summed E-state index contributed by atoms with van der Waals surface area (Å²) >= 11 is 0. The van der Waals surface area contributed by atoms with Gasteiger partial charge in [0.2, 0.25) is 6.41 Å². The number of carbonyl (C=O) groups is 1. The van der Waals surface area contributed by atoms with Gasteiger partial charge in [-0.15, -0.1) is 6.58 Å². The van der Waals surface area contributed by atoms with Crippen molar-refractivity contribution in [1.82, 2.24) is 14.9 Å². The summed E-state index contributed by atoms with van der Waals surface area (Å²) in [5.74, 6) is 2.29. The third-order valence-electron chi connectivity index (χ3n) is 4.78. The highest BCUT2D eigenvalue weighted by atomic mass is 16.5. The maximum absolute atomic E-state index is 10.9. The van der Waals surface area contributed by atoms with E-state index >= 15 is 0 Å². The van der Waals surface area contributed by atoms with Gasteiger partial charge in [-0.2, -0.15) is 0 Å². The van der Waals surface area contributed by atoms with Crippen LogP contribution in [0.1, 0.15) is 30.8 Å². The average Bonchev–Trinajstić information content (AvgIpc) is 3.11. The van der Waals surface area contributed by atoms with Crippen LogP contribution >= 0.6 is 0 Å². The van der Waals surface area contributed by atoms with E-state index in [1.54, 1.807) is 7.11 Å². The van der Waals surface area contributed by atoms with Gasteiger partial charge in [0.15, 0.2) is 11.5 Å². The van der Waals surface area contributed by atoms with Gasteiger partial charge in [0.1, 0.15) is 5.82 Å². The van der Waals surface area contributed by atoms with Gasteiger partial charge in [0, 0.05) is 6.54 Å². The maximum Gasteiger partial charge on any atom is 0.207 e. The molecule has 1 amide bonds. The van der Waals surface area contributed by atoms with Crippen molar-refractivity contribution in [2.24, 2.45) is 0 Å². The van der Waals surface area contributed by atoms with Crippen LogP contribution in [0.5, 0.6) is 11.5 Å². The Morgan fingerprint density at radius 1 is 1.24 bits per heavy atom. The number of benzene rings is 2. The topological polar surface area (TPSA) is 65.4 Å². The molecule has 0 aliphatic carbocycles. The lowest BCUT2D eigenvalue weighted by molar-refractivity contribution is -0.110. The first-order chi connectivity index (χ1) is 14.2. The predicted octanol–water partition coefficient (Wildman–Crippen LogP) is 4.05. The number of para-hydroxylation sites is 2. The quantitative estimate of drug-likeness (QED) is 0.303. The van der Waals surface area contributed by atoms with E-state index in [9.17, 15) is 4.79 Å². The lowest BCUT2D eigenvalue weighted by Gasteiger charge is -2.15. The van der Waals surface area contributed by atoms with E-state index in [1.807, 2.05) is 55.5 Å². The summed E-state index contributed by atoms with van der Waals surface area (Å²) in [7, 11) is 1.64. The van der Waals surface area contributed by atoms with Crippen LogP contribution in [-0.2, 0) is 17.8 Å². The number of methoxy groups -OCH3 is 1. The minimum atomic E-state index is -0.168. The van der Waals surface area contributed by atoms with Crippen LogP contribution in [0.15, 0.2) is 55.1 Å². The van der Waals surface area contributed by atoms with Crippen LogP contribution in [0.3, 0.4) is 0 Å². The molecule has 3 rings (SSSR count). The number of carbonyl (C=O) groups excluding carboxylic acids is 1. The number of imidazole rings is 1. The smallest absolute Gasteiger partial charge is 0.207 e. The standard InChI is InChI=1S/C23H27N3O3/c1-4-8-18-11-12-21(22(15-18)28-3)29-14-7-13-26-20-10-6-5-9-19(20)25-23(26)17(2)24-16-27/h4-6,9-12,15-17H,1,7-8,13-14H2,2-3H3,(H,24,27). The average molecular weight is 393 g/mol. The predicted molar refractivity (Wildman–Crippen MR) is 114 cm³/mol. The Labute approximate surface area is 171 Å². The molecule has 1 atom stereocenters. The first-order valence-corrected chi connectivity index (χ1v) is 9.73. The van der Waals surface area contributed by atoms with Crippen LogP contribution < -0.4 is 14.8 Å².